The van der Waals surface area contributed by atoms with E-state index < -0.39 is 0 Å². The number of nitrogens with two attached hydrogens (primary N) is 1. The van der Waals surface area contributed by atoms with Gasteiger partial charge in [0.1, 0.15) is 0 Å². The summed E-state index contributed by atoms with van der Waals surface area (Å²) in [6, 6.07) is 1.95. The van der Waals surface area contributed by atoms with Crippen molar-refractivity contribution >= 4 is 34.5 Å². The summed E-state index contributed by atoms with van der Waals surface area (Å²) in [7, 11) is 1.77. The maximum Gasteiger partial charge on any atom is 0.263 e. The van der Waals surface area contributed by atoms with Crippen LogP contribution in [-0.2, 0) is 0 Å². The molecule has 1 atom stereocenters. The first-order valence-electron chi connectivity index (χ1n) is 5.02. The highest BCUT2D eigenvalue weighted by atomic mass is 32.1. The number of carbonyl (C=O) groups excluding carboxylic acids is 1. The normalized spacial score (nSPS) is 12.2. The molecule has 1 unspecified atom stereocenters. The SMILES string of the molecule is Cc1ccsc1C(=O)N(C)CC(C)C(N)=S. The number of amides is 1. The van der Waals surface area contributed by atoms with Gasteiger partial charge in [-0.1, -0.05) is 19.1 Å². The van der Waals surface area contributed by atoms with Crippen LogP contribution in [0.3, 0.4) is 0 Å². The molecule has 1 amide bonds. The molecule has 0 saturated heterocycles. The van der Waals surface area contributed by atoms with E-state index in [9.17, 15) is 4.79 Å². The molecule has 0 fully saturated rings. The number of carbonyl (C=O) groups is 1. The van der Waals surface area contributed by atoms with Crippen molar-refractivity contribution in [3.05, 3.63) is 21.9 Å². The molecular formula is C11H16N2OS2. The van der Waals surface area contributed by atoms with Gasteiger partial charge in [-0.2, -0.15) is 0 Å². The Balaban J connectivity index is 2.69. The standard InChI is InChI=1S/C11H16N2OS2/c1-7-4-5-16-9(7)11(14)13(3)6-8(2)10(12)15/h4-5,8H,6H2,1-3H3,(H2,12,15). The van der Waals surface area contributed by atoms with Crippen LogP contribution in [0.1, 0.15) is 22.2 Å². The fraction of sp³-hybridized carbons (Fsp3) is 0.455. The third kappa shape index (κ3) is 3.02. The van der Waals surface area contributed by atoms with E-state index in [1.165, 1.54) is 11.3 Å². The van der Waals surface area contributed by atoms with Crippen LogP contribution in [0.15, 0.2) is 11.4 Å². The van der Waals surface area contributed by atoms with Crippen LogP contribution in [0.4, 0.5) is 0 Å². The number of rotatable bonds is 4. The molecule has 0 spiro atoms. The predicted octanol–water partition coefficient (Wildman–Crippen LogP) is 2.05. The number of hydrogen-bond donors (Lipinski definition) is 1. The number of aryl methyl sites for hydroxylation is 1. The van der Waals surface area contributed by atoms with E-state index in [2.05, 4.69) is 0 Å². The lowest BCUT2D eigenvalue weighted by atomic mass is 10.1. The summed E-state index contributed by atoms with van der Waals surface area (Å²) in [5, 5.41) is 1.92. The van der Waals surface area contributed by atoms with Crippen molar-refractivity contribution in [1.29, 1.82) is 0 Å². The first kappa shape index (κ1) is 13.1. The molecule has 1 aromatic heterocycles. The van der Waals surface area contributed by atoms with Gasteiger partial charge in [-0.15, -0.1) is 11.3 Å². The lowest BCUT2D eigenvalue weighted by Gasteiger charge is -2.20. The fourth-order valence-corrected chi connectivity index (χ4v) is 2.34. The van der Waals surface area contributed by atoms with E-state index in [1.54, 1.807) is 11.9 Å². The van der Waals surface area contributed by atoms with Gasteiger partial charge in [0.25, 0.3) is 5.91 Å². The Morgan fingerprint density at radius 2 is 2.31 bits per heavy atom. The first-order chi connectivity index (χ1) is 7.43. The molecule has 0 aliphatic heterocycles. The van der Waals surface area contributed by atoms with Crippen LogP contribution in [0.2, 0.25) is 0 Å². The molecule has 1 rings (SSSR count). The summed E-state index contributed by atoms with van der Waals surface area (Å²) in [5.41, 5.74) is 6.55. The molecule has 0 aromatic carbocycles. The van der Waals surface area contributed by atoms with Crippen LogP contribution >= 0.6 is 23.6 Å². The quantitative estimate of drug-likeness (QED) is 0.839. The summed E-state index contributed by atoms with van der Waals surface area (Å²) in [5.74, 6) is 0.0832. The first-order valence-corrected chi connectivity index (χ1v) is 6.31. The Morgan fingerprint density at radius 1 is 1.69 bits per heavy atom. The van der Waals surface area contributed by atoms with Crippen molar-refractivity contribution in [1.82, 2.24) is 4.90 Å². The molecule has 2 N–H and O–H groups in total. The van der Waals surface area contributed by atoms with Crippen molar-refractivity contribution in [2.75, 3.05) is 13.6 Å². The topological polar surface area (TPSA) is 46.3 Å². The number of thiocarbonyl (C=S) groups is 1. The van der Waals surface area contributed by atoms with Crippen molar-refractivity contribution in [2.24, 2.45) is 11.7 Å². The Bertz CT molecular complexity index is 400. The molecule has 16 heavy (non-hydrogen) atoms. The van der Waals surface area contributed by atoms with E-state index in [4.69, 9.17) is 18.0 Å². The summed E-state index contributed by atoms with van der Waals surface area (Å²) in [6.07, 6.45) is 0. The minimum atomic E-state index is 0.0376. The lowest BCUT2D eigenvalue weighted by Crippen LogP contribution is -2.35. The number of thiophene rings is 1. The molecule has 0 aliphatic carbocycles. The van der Waals surface area contributed by atoms with E-state index in [1.807, 2.05) is 25.3 Å². The van der Waals surface area contributed by atoms with Crippen LogP contribution in [0, 0.1) is 12.8 Å². The highest BCUT2D eigenvalue weighted by Gasteiger charge is 2.18. The van der Waals surface area contributed by atoms with E-state index >= 15 is 0 Å². The molecule has 0 radical (unpaired) electrons. The average molecular weight is 256 g/mol. The maximum atomic E-state index is 12.0. The third-order valence-corrected chi connectivity index (χ3v) is 3.84. The third-order valence-electron chi connectivity index (χ3n) is 2.44. The Labute approximate surface area is 105 Å². The fourth-order valence-electron chi connectivity index (χ4n) is 1.35. The van der Waals surface area contributed by atoms with Gasteiger partial charge in [-0.25, -0.2) is 0 Å². The second-order valence-corrected chi connectivity index (χ2v) is 5.31. The molecule has 1 heterocycles. The second kappa shape index (κ2) is 5.41. The van der Waals surface area contributed by atoms with Crippen LogP contribution < -0.4 is 5.73 Å². The summed E-state index contributed by atoms with van der Waals surface area (Å²) in [6.45, 7) is 4.42. The van der Waals surface area contributed by atoms with Gasteiger partial charge >= 0.3 is 0 Å². The molecule has 0 bridgehead atoms. The zero-order valence-electron chi connectivity index (χ0n) is 9.69. The lowest BCUT2D eigenvalue weighted by molar-refractivity contribution is 0.0791. The van der Waals surface area contributed by atoms with Gasteiger partial charge in [0.05, 0.1) is 9.87 Å². The molecule has 88 valence electrons. The van der Waals surface area contributed by atoms with Crippen molar-refractivity contribution in [2.45, 2.75) is 13.8 Å². The zero-order valence-corrected chi connectivity index (χ0v) is 11.3. The second-order valence-electron chi connectivity index (χ2n) is 3.92. The van der Waals surface area contributed by atoms with Crippen LogP contribution in [0.25, 0.3) is 0 Å². The van der Waals surface area contributed by atoms with Gasteiger partial charge < -0.3 is 10.6 Å². The zero-order chi connectivity index (χ0) is 12.3. The Hall–Kier alpha value is -0.940. The van der Waals surface area contributed by atoms with Crippen molar-refractivity contribution < 1.29 is 4.79 Å². The Morgan fingerprint density at radius 3 is 2.75 bits per heavy atom. The highest BCUT2D eigenvalue weighted by molar-refractivity contribution is 7.80. The van der Waals surface area contributed by atoms with Gasteiger partial charge in [-0.3, -0.25) is 4.79 Å². The van der Waals surface area contributed by atoms with E-state index in [-0.39, 0.29) is 11.8 Å². The Kier molecular flexibility index (Phi) is 4.44. The van der Waals surface area contributed by atoms with Gasteiger partial charge in [-0.05, 0) is 23.9 Å². The minimum absolute atomic E-state index is 0.0376. The van der Waals surface area contributed by atoms with Gasteiger partial charge in [0, 0.05) is 19.5 Å². The number of nitrogens with zero attached hydrogens (tertiary/aromatic N) is 1. The van der Waals surface area contributed by atoms with E-state index in [0.29, 0.717) is 11.5 Å². The predicted molar refractivity (Wildman–Crippen MR) is 72.0 cm³/mol. The van der Waals surface area contributed by atoms with Gasteiger partial charge in [0.2, 0.25) is 0 Å². The summed E-state index contributed by atoms with van der Waals surface area (Å²) in [4.78, 5) is 14.9. The van der Waals surface area contributed by atoms with Crippen molar-refractivity contribution in [3.8, 4) is 0 Å². The molecule has 5 heteroatoms. The summed E-state index contributed by atoms with van der Waals surface area (Å²) < 4.78 is 0. The van der Waals surface area contributed by atoms with Gasteiger partial charge in [0.15, 0.2) is 0 Å². The van der Waals surface area contributed by atoms with Crippen molar-refractivity contribution in [3.63, 3.8) is 0 Å². The monoisotopic (exact) mass is 256 g/mol. The molecule has 3 nitrogen and oxygen atoms in total. The number of hydrogen-bond acceptors (Lipinski definition) is 3. The van der Waals surface area contributed by atoms with E-state index in [0.717, 1.165) is 10.4 Å². The smallest absolute Gasteiger partial charge is 0.263 e. The van der Waals surface area contributed by atoms with Crippen LogP contribution in [-0.4, -0.2) is 29.4 Å². The highest BCUT2D eigenvalue weighted by Crippen LogP contribution is 2.17. The molecule has 0 aliphatic rings. The van der Waals surface area contributed by atoms with Crippen LogP contribution in [0.5, 0.6) is 0 Å². The maximum absolute atomic E-state index is 12.0. The minimum Gasteiger partial charge on any atom is -0.393 e. The average Bonchev–Trinajstić information content (AvgIpc) is 2.62. The summed E-state index contributed by atoms with van der Waals surface area (Å²) >= 11 is 6.36. The molecule has 0 saturated carbocycles. The molecular weight excluding hydrogens is 240 g/mol. The molecule has 1 aromatic rings. The largest absolute Gasteiger partial charge is 0.393 e.